The van der Waals surface area contributed by atoms with Crippen LogP contribution in [-0.2, 0) is 43.1 Å². The lowest BCUT2D eigenvalue weighted by Crippen LogP contribution is -2.44. The van der Waals surface area contributed by atoms with Crippen LogP contribution in [0.4, 0.5) is 0 Å². The Balaban J connectivity index is 1.44. The van der Waals surface area contributed by atoms with Gasteiger partial charge in [0.05, 0.1) is 12.9 Å². The second-order valence-electron chi connectivity index (χ2n) is 7.07. The molecule has 1 aliphatic rings. The van der Waals surface area contributed by atoms with Crippen LogP contribution in [0.2, 0.25) is 0 Å². The minimum absolute atomic E-state index is 0.122. The fourth-order valence-corrected chi connectivity index (χ4v) is 4.15. The number of rotatable bonds is 9. The SMILES string of the molecule is COC(=O)C(Cc1ccccc1)NC(=O)COC(=O)CSc1ccc2c(c1)CCC2. The number of carbonyl (C=O) groups excluding carboxylic acids is 3. The Kier molecular flexibility index (Phi) is 7.90. The fourth-order valence-electron chi connectivity index (χ4n) is 3.39. The van der Waals surface area contributed by atoms with Gasteiger partial charge in [-0.05, 0) is 48.1 Å². The van der Waals surface area contributed by atoms with E-state index >= 15 is 0 Å². The molecule has 30 heavy (non-hydrogen) atoms. The van der Waals surface area contributed by atoms with Crippen LogP contribution in [0.1, 0.15) is 23.1 Å². The van der Waals surface area contributed by atoms with Gasteiger partial charge >= 0.3 is 11.9 Å². The van der Waals surface area contributed by atoms with Crippen LogP contribution < -0.4 is 5.32 Å². The van der Waals surface area contributed by atoms with Crippen LogP contribution in [-0.4, -0.2) is 43.4 Å². The summed E-state index contributed by atoms with van der Waals surface area (Å²) in [6.45, 7) is -0.439. The molecule has 0 heterocycles. The average molecular weight is 428 g/mol. The number of fused-ring (bicyclic) bond motifs is 1. The topological polar surface area (TPSA) is 81.7 Å². The highest BCUT2D eigenvalue weighted by Gasteiger charge is 2.22. The molecule has 7 heteroatoms. The van der Waals surface area contributed by atoms with Crippen molar-refractivity contribution >= 4 is 29.6 Å². The van der Waals surface area contributed by atoms with Gasteiger partial charge in [-0.15, -0.1) is 11.8 Å². The highest BCUT2D eigenvalue weighted by molar-refractivity contribution is 8.00. The molecule has 1 unspecified atom stereocenters. The molecule has 0 spiro atoms. The van der Waals surface area contributed by atoms with Gasteiger partial charge in [-0.1, -0.05) is 36.4 Å². The second-order valence-corrected chi connectivity index (χ2v) is 8.12. The van der Waals surface area contributed by atoms with Crippen molar-refractivity contribution in [2.45, 2.75) is 36.6 Å². The van der Waals surface area contributed by atoms with Crippen LogP contribution >= 0.6 is 11.8 Å². The van der Waals surface area contributed by atoms with Gasteiger partial charge in [0, 0.05) is 11.3 Å². The van der Waals surface area contributed by atoms with Crippen molar-refractivity contribution < 1.29 is 23.9 Å². The van der Waals surface area contributed by atoms with Crippen molar-refractivity contribution in [3.8, 4) is 0 Å². The largest absolute Gasteiger partial charge is 0.467 e. The number of hydrogen-bond acceptors (Lipinski definition) is 6. The Labute approximate surface area is 180 Å². The Morgan fingerprint density at radius 2 is 1.83 bits per heavy atom. The average Bonchev–Trinajstić information content (AvgIpc) is 3.24. The van der Waals surface area contributed by atoms with Crippen molar-refractivity contribution in [2.24, 2.45) is 0 Å². The number of benzene rings is 2. The number of amides is 1. The highest BCUT2D eigenvalue weighted by atomic mass is 32.2. The molecule has 1 aliphatic carbocycles. The van der Waals surface area contributed by atoms with Gasteiger partial charge < -0.3 is 14.8 Å². The molecule has 158 valence electrons. The van der Waals surface area contributed by atoms with E-state index < -0.39 is 30.5 Å². The first-order valence-corrected chi connectivity index (χ1v) is 10.8. The monoisotopic (exact) mass is 427 g/mol. The maximum atomic E-state index is 12.2. The van der Waals surface area contributed by atoms with Gasteiger partial charge in [-0.2, -0.15) is 0 Å². The quantitative estimate of drug-likeness (QED) is 0.490. The van der Waals surface area contributed by atoms with E-state index in [1.807, 2.05) is 36.4 Å². The van der Waals surface area contributed by atoms with Crippen molar-refractivity contribution in [1.29, 1.82) is 0 Å². The van der Waals surface area contributed by atoms with E-state index in [9.17, 15) is 14.4 Å². The van der Waals surface area contributed by atoms with Crippen LogP contribution in [0.15, 0.2) is 53.4 Å². The van der Waals surface area contributed by atoms with Gasteiger partial charge in [0.25, 0.3) is 5.91 Å². The maximum Gasteiger partial charge on any atom is 0.328 e. The number of nitrogens with one attached hydrogen (secondary N) is 1. The molecule has 0 fully saturated rings. The molecular weight excluding hydrogens is 402 g/mol. The highest BCUT2D eigenvalue weighted by Crippen LogP contribution is 2.27. The summed E-state index contributed by atoms with van der Waals surface area (Å²) in [7, 11) is 1.27. The van der Waals surface area contributed by atoms with Gasteiger partial charge in [0.15, 0.2) is 6.61 Å². The van der Waals surface area contributed by atoms with E-state index in [0.29, 0.717) is 6.42 Å². The van der Waals surface area contributed by atoms with E-state index in [1.165, 1.54) is 36.4 Å². The Hall–Kier alpha value is -2.80. The third-order valence-electron chi connectivity index (χ3n) is 4.89. The van der Waals surface area contributed by atoms with E-state index in [0.717, 1.165) is 23.3 Å². The molecule has 0 aliphatic heterocycles. The molecule has 1 atom stereocenters. The number of methoxy groups -OCH3 is 1. The van der Waals surface area contributed by atoms with Gasteiger partial charge in [0.2, 0.25) is 0 Å². The van der Waals surface area contributed by atoms with E-state index in [-0.39, 0.29) is 5.75 Å². The van der Waals surface area contributed by atoms with Crippen molar-refractivity contribution in [3.63, 3.8) is 0 Å². The molecule has 2 aromatic rings. The summed E-state index contributed by atoms with van der Waals surface area (Å²) in [4.78, 5) is 37.2. The minimum atomic E-state index is -0.843. The zero-order valence-corrected chi connectivity index (χ0v) is 17.7. The molecule has 0 bridgehead atoms. The molecule has 0 aromatic heterocycles. The smallest absolute Gasteiger partial charge is 0.328 e. The zero-order chi connectivity index (χ0) is 21.3. The lowest BCUT2D eigenvalue weighted by molar-refractivity contribution is -0.148. The van der Waals surface area contributed by atoms with Gasteiger partial charge in [0.1, 0.15) is 6.04 Å². The minimum Gasteiger partial charge on any atom is -0.467 e. The molecule has 3 rings (SSSR count). The van der Waals surface area contributed by atoms with Crippen LogP contribution in [0.3, 0.4) is 0 Å². The van der Waals surface area contributed by atoms with Crippen molar-refractivity contribution in [3.05, 3.63) is 65.2 Å². The number of thioether (sulfide) groups is 1. The number of ether oxygens (including phenoxy) is 2. The van der Waals surface area contributed by atoms with Gasteiger partial charge in [-0.3, -0.25) is 9.59 Å². The van der Waals surface area contributed by atoms with Crippen molar-refractivity contribution in [2.75, 3.05) is 19.5 Å². The summed E-state index contributed by atoms with van der Waals surface area (Å²) < 4.78 is 9.82. The van der Waals surface area contributed by atoms with Crippen LogP contribution in [0.25, 0.3) is 0 Å². The van der Waals surface area contributed by atoms with E-state index in [1.54, 1.807) is 0 Å². The lowest BCUT2D eigenvalue weighted by Gasteiger charge is -2.16. The number of aryl methyl sites for hydroxylation is 2. The standard InChI is InChI=1S/C23H25NO5S/c1-28-23(27)20(12-16-6-3-2-4-7-16)24-21(25)14-29-22(26)15-30-19-11-10-17-8-5-9-18(17)13-19/h2-4,6-7,10-11,13,20H,5,8-9,12,14-15H2,1H3,(H,24,25). The summed E-state index contributed by atoms with van der Waals surface area (Å²) in [5.74, 6) is -1.45. The number of carbonyl (C=O) groups is 3. The summed E-state index contributed by atoms with van der Waals surface area (Å²) in [5, 5.41) is 2.58. The Bertz CT molecular complexity index is 900. The molecular formula is C23H25NO5S. The Morgan fingerprint density at radius 1 is 1.07 bits per heavy atom. The number of esters is 2. The third-order valence-corrected chi connectivity index (χ3v) is 5.86. The summed E-state index contributed by atoms with van der Waals surface area (Å²) >= 11 is 1.39. The maximum absolute atomic E-state index is 12.2. The fraction of sp³-hybridized carbons (Fsp3) is 0.348. The first-order valence-electron chi connectivity index (χ1n) is 9.86. The molecule has 1 N–H and O–H groups in total. The molecule has 1 amide bonds. The van der Waals surface area contributed by atoms with E-state index in [2.05, 4.69) is 17.4 Å². The van der Waals surface area contributed by atoms with Crippen LogP contribution in [0.5, 0.6) is 0 Å². The molecule has 0 saturated carbocycles. The summed E-state index contributed by atoms with van der Waals surface area (Å²) in [6, 6.07) is 14.7. The first-order chi connectivity index (χ1) is 14.5. The van der Waals surface area contributed by atoms with Crippen LogP contribution in [0, 0.1) is 0 Å². The zero-order valence-electron chi connectivity index (χ0n) is 16.9. The molecule has 0 radical (unpaired) electrons. The molecule has 6 nitrogen and oxygen atoms in total. The normalized spacial score (nSPS) is 13.2. The number of hydrogen-bond donors (Lipinski definition) is 1. The van der Waals surface area contributed by atoms with Crippen molar-refractivity contribution in [1.82, 2.24) is 5.32 Å². The second kappa shape index (κ2) is 10.8. The summed E-state index contributed by atoms with van der Waals surface area (Å²) in [6.07, 6.45) is 3.67. The summed E-state index contributed by atoms with van der Waals surface area (Å²) in [5.41, 5.74) is 3.62. The van der Waals surface area contributed by atoms with E-state index in [4.69, 9.17) is 9.47 Å². The lowest BCUT2D eigenvalue weighted by atomic mass is 10.1. The predicted octanol–water partition coefficient (Wildman–Crippen LogP) is 2.71. The Morgan fingerprint density at radius 3 is 2.60 bits per heavy atom. The first kappa shape index (κ1) is 21.9. The third kappa shape index (κ3) is 6.35. The molecule has 2 aromatic carbocycles. The predicted molar refractivity (Wildman–Crippen MR) is 114 cm³/mol. The molecule has 0 saturated heterocycles. The van der Waals surface area contributed by atoms with Gasteiger partial charge in [-0.25, -0.2) is 4.79 Å².